The maximum absolute atomic E-state index is 2.37. The lowest BCUT2D eigenvalue weighted by Gasteiger charge is -2.40. The molecule has 0 rings (SSSR count). The molecule has 3 heteroatoms. The molecule has 0 aliphatic carbocycles. The summed E-state index contributed by atoms with van der Waals surface area (Å²) >= 11 is 0. The van der Waals surface area contributed by atoms with E-state index in [9.17, 15) is 0 Å². The molecule has 3 nitrogen and oxygen atoms in total. The van der Waals surface area contributed by atoms with Gasteiger partial charge in [0.1, 0.15) is 0 Å². The van der Waals surface area contributed by atoms with Gasteiger partial charge in [-0.3, -0.25) is 0 Å². The molecule has 0 aromatic carbocycles. The molecule has 0 saturated heterocycles. The fourth-order valence-electron chi connectivity index (χ4n) is 5.55. The number of hydrogen-bond donors (Lipinski definition) is 0. The van der Waals surface area contributed by atoms with Crippen molar-refractivity contribution in [3.05, 3.63) is 0 Å². The minimum absolute atomic E-state index is 0. The van der Waals surface area contributed by atoms with E-state index in [4.69, 9.17) is 0 Å². The fraction of sp³-hybridized carbons (Fsp3) is 1.00. The maximum atomic E-state index is 2.37. The summed E-state index contributed by atoms with van der Waals surface area (Å²) in [7, 11) is 0. The summed E-state index contributed by atoms with van der Waals surface area (Å²) in [6.07, 6.45) is 22.4. The summed E-state index contributed by atoms with van der Waals surface area (Å²) < 4.78 is 2.86. The highest BCUT2D eigenvalue weighted by Gasteiger charge is 2.26. The van der Waals surface area contributed by atoms with Crippen LogP contribution in [0.1, 0.15) is 144 Å². The zero-order valence-corrected chi connectivity index (χ0v) is 24.3. The predicted molar refractivity (Wildman–Crippen MR) is 149 cm³/mol. The highest BCUT2D eigenvalue weighted by molar-refractivity contribution is 4.53. The Kier molecular flexibility index (Phi) is 25.1. The van der Waals surface area contributed by atoms with Crippen molar-refractivity contribution in [1.82, 2.24) is 0 Å². The molecule has 0 heterocycles. The molecule has 0 aromatic heterocycles. The van der Waals surface area contributed by atoms with E-state index in [-0.39, 0.29) is 5.48 Å². The largest absolute Gasteiger partial charge is 0.870 e. The van der Waals surface area contributed by atoms with Gasteiger partial charge < -0.3 is 14.4 Å². The van der Waals surface area contributed by atoms with Crippen LogP contribution in [0.5, 0.6) is 0 Å². The molecule has 33 heavy (non-hydrogen) atoms. The van der Waals surface area contributed by atoms with Gasteiger partial charge >= 0.3 is 0 Å². The average Bonchev–Trinajstić information content (AvgIpc) is 2.82. The molecule has 0 unspecified atom stereocenters. The van der Waals surface area contributed by atoms with Crippen molar-refractivity contribution in [2.45, 2.75) is 144 Å². The van der Waals surface area contributed by atoms with Crippen molar-refractivity contribution in [2.24, 2.45) is 0 Å². The summed E-state index contributed by atoms with van der Waals surface area (Å²) in [5.41, 5.74) is 0. The molecule has 0 radical (unpaired) electrons. The van der Waals surface area contributed by atoms with Crippen molar-refractivity contribution < 1.29 is 14.4 Å². The van der Waals surface area contributed by atoms with E-state index in [1.807, 2.05) is 0 Å². The van der Waals surface area contributed by atoms with Crippen LogP contribution in [0.25, 0.3) is 0 Å². The van der Waals surface area contributed by atoms with Crippen molar-refractivity contribution in [3.8, 4) is 0 Å². The second-order valence-electron chi connectivity index (χ2n) is 11.0. The molecular formula is C30H67N2O+. The van der Waals surface area contributed by atoms with Gasteiger partial charge in [-0.1, -0.05) is 80.1 Å². The SMILES string of the molecule is CCCC[N+](CCCC)(CCCC)CCCCCC[N+](CCCC)(CCCC)CCCC.[OH-]. The van der Waals surface area contributed by atoms with Crippen LogP contribution in [0.2, 0.25) is 0 Å². The van der Waals surface area contributed by atoms with Gasteiger partial charge in [-0.15, -0.1) is 0 Å². The van der Waals surface area contributed by atoms with Crippen LogP contribution in [-0.2, 0) is 0 Å². The van der Waals surface area contributed by atoms with Gasteiger partial charge in [0.15, 0.2) is 0 Å². The van der Waals surface area contributed by atoms with E-state index >= 15 is 0 Å². The van der Waals surface area contributed by atoms with Gasteiger partial charge in [-0.25, -0.2) is 0 Å². The quantitative estimate of drug-likeness (QED) is 0.0966. The van der Waals surface area contributed by atoms with E-state index in [1.165, 1.54) is 164 Å². The number of hydrogen-bond acceptors (Lipinski definition) is 1. The van der Waals surface area contributed by atoms with Crippen LogP contribution in [0, 0.1) is 0 Å². The monoisotopic (exact) mass is 472 g/mol. The van der Waals surface area contributed by atoms with Crippen LogP contribution in [0.3, 0.4) is 0 Å². The summed E-state index contributed by atoms with van der Waals surface area (Å²) in [5, 5.41) is 0. The van der Waals surface area contributed by atoms with Crippen molar-refractivity contribution in [3.63, 3.8) is 0 Å². The number of unbranched alkanes of at least 4 members (excludes halogenated alkanes) is 9. The topological polar surface area (TPSA) is 30.0 Å². The molecule has 0 aliphatic heterocycles. The van der Waals surface area contributed by atoms with Crippen LogP contribution < -0.4 is 0 Å². The van der Waals surface area contributed by atoms with E-state index in [2.05, 4.69) is 41.5 Å². The Bertz CT molecular complexity index is 306. The van der Waals surface area contributed by atoms with Gasteiger partial charge in [0.2, 0.25) is 0 Å². The Morgan fingerprint density at radius 2 is 0.455 bits per heavy atom. The first-order valence-corrected chi connectivity index (χ1v) is 15.3. The lowest BCUT2D eigenvalue weighted by atomic mass is 10.1. The van der Waals surface area contributed by atoms with Gasteiger partial charge in [0.05, 0.1) is 52.4 Å². The van der Waals surface area contributed by atoms with E-state index < -0.39 is 0 Å². The Hall–Kier alpha value is -0.120. The molecule has 0 atom stereocenters. The smallest absolute Gasteiger partial charge is 0.0786 e. The third-order valence-corrected chi connectivity index (χ3v) is 7.93. The normalized spacial score (nSPS) is 12.2. The van der Waals surface area contributed by atoms with Crippen LogP contribution in [-0.4, -0.2) is 66.8 Å². The Labute approximate surface area is 211 Å². The van der Waals surface area contributed by atoms with Gasteiger partial charge in [-0.2, -0.15) is 0 Å². The lowest BCUT2D eigenvalue weighted by Crippen LogP contribution is -2.51. The molecule has 0 saturated carbocycles. The first kappa shape index (κ1) is 35.0. The molecule has 0 spiro atoms. The van der Waals surface area contributed by atoms with Crippen molar-refractivity contribution in [2.75, 3.05) is 52.4 Å². The van der Waals surface area contributed by atoms with Crippen LogP contribution in [0.15, 0.2) is 0 Å². The first-order valence-electron chi connectivity index (χ1n) is 15.3. The van der Waals surface area contributed by atoms with E-state index in [1.54, 1.807) is 0 Å². The first-order chi connectivity index (χ1) is 15.6. The number of rotatable bonds is 25. The summed E-state index contributed by atoms with van der Waals surface area (Å²) in [5.74, 6) is 0. The van der Waals surface area contributed by atoms with Crippen LogP contribution in [0.4, 0.5) is 0 Å². The Balaban J connectivity index is 0. The molecule has 0 fully saturated rings. The highest BCUT2D eigenvalue weighted by atomic mass is 16.0. The van der Waals surface area contributed by atoms with Gasteiger partial charge in [-0.05, 0) is 64.2 Å². The standard InChI is InChI=1S/C30H66N2.H2O/c1-7-13-23-31(24-14-8-2,25-15-9-3)29-21-19-20-22-30-32(26-16-10-4,27-17-11-5)28-18-12-6;/h7-30H2,1-6H3;1H2/q+2;/p-1. The molecular weight excluding hydrogens is 404 g/mol. The zero-order chi connectivity index (χ0) is 24.0. The molecule has 1 N–H and O–H groups in total. The predicted octanol–water partition coefficient (Wildman–Crippen LogP) is 8.80. The summed E-state index contributed by atoms with van der Waals surface area (Å²) in [6.45, 7) is 25.7. The third kappa shape index (κ3) is 17.0. The molecule has 0 aromatic rings. The maximum Gasteiger partial charge on any atom is 0.0786 e. The fourth-order valence-corrected chi connectivity index (χ4v) is 5.55. The highest BCUT2D eigenvalue weighted by Crippen LogP contribution is 2.20. The van der Waals surface area contributed by atoms with Gasteiger partial charge in [0.25, 0.3) is 0 Å². The molecule has 0 aliphatic rings. The van der Waals surface area contributed by atoms with E-state index in [0.29, 0.717) is 0 Å². The van der Waals surface area contributed by atoms with Crippen LogP contribution >= 0.6 is 0 Å². The Morgan fingerprint density at radius 3 is 0.636 bits per heavy atom. The molecule has 0 bridgehead atoms. The van der Waals surface area contributed by atoms with Crippen molar-refractivity contribution >= 4 is 0 Å². The average molecular weight is 472 g/mol. The Morgan fingerprint density at radius 1 is 0.273 bits per heavy atom. The second kappa shape index (κ2) is 23.6. The minimum atomic E-state index is 0. The second-order valence-corrected chi connectivity index (χ2v) is 11.0. The van der Waals surface area contributed by atoms with E-state index in [0.717, 1.165) is 0 Å². The lowest BCUT2D eigenvalue weighted by molar-refractivity contribution is -0.929. The third-order valence-electron chi connectivity index (χ3n) is 7.93. The van der Waals surface area contributed by atoms with Gasteiger partial charge in [0, 0.05) is 0 Å². The summed E-state index contributed by atoms with van der Waals surface area (Å²) in [4.78, 5) is 0. The summed E-state index contributed by atoms with van der Waals surface area (Å²) in [6, 6.07) is 0. The molecule has 202 valence electrons. The number of nitrogens with zero attached hydrogens (tertiary/aromatic N) is 2. The minimum Gasteiger partial charge on any atom is -0.870 e. The number of quaternary nitrogens is 2. The van der Waals surface area contributed by atoms with Crippen molar-refractivity contribution in [1.29, 1.82) is 0 Å². The zero-order valence-electron chi connectivity index (χ0n) is 24.3. The molecule has 0 amide bonds.